The third-order valence-corrected chi connectivity index (χ3v) is 7.03. The highest BCUT2D eigenvalue weighted by Gasteiger charge is 2.18. The molecular weight excluding hydrogens is 478 g/mol. The summed E-state index contributed by atoms with van der Waals surface area (Å²) in [6, 6.07) is 40.4. The zero-order valence-corrected chi connectivity index (χ0v) is 22.4. The van der Waals surface area contributed by atoms with Gasteiger partial charge in [-0.05, 0) is 85.6 Å². The fourth-order valence-corrected chi connectivity index (χ4v) is 5.08. The molecule has 0 saturated carbocycles. The molecule has 0 spiro atoms. The molecule has 5 aromatic carbocycles. The van der Waals surface area contributed by atoms with Crippen LogP contribution in [0.1, 0.15) is 25.3 Å². The lowest BCUT2D eigenvalue weighted by Crippen LogP contribution is -2.10. The molecule has 4 nitrogen and oxygen atoms in total. The number of nitrogens with zero attached hydrogens (tertiary/aromatic N) is 1. The number of nitrogens with one attached hydrogen (secondary N) is 2. The third kappa shape index (κ3) is 5.19. The summed E-state index contributed by atoms with van der Waals surface area (Å²) in [5.74, 6) is 0.898. The lowest BCUT2D eigenvalue weighted by molar-refractivity contribution is 0.309. The monoisotopic (exact) mass is 511 g/mol. The van der Waals surface area contributed by atoms with Gasteiger partial charge in [0.05, 0.1) is 17.8 Å². The molecule has 1 aromatic heterocycles. The molecule has 0 atom stereocenters. The number of benzene rings is 5. The Balaban J connectivity index is 1.52. The second-order valence-corrected chi connectivity index (χ2v) is 9.95. The Kier molecular flexibility index (Phi) is 6.92. The van der Waals surface area contributed by atoms with E-state index in [0.29, 0.717) is 0 Å². The molecule has 0 radical (unpaired) electrons. The van der Waals surface area contributed by atoms with E-state index in [2.05, 4.69) is 138 Å². The van der Waals surface area contributed by atoms with Crippen LogP contribution in [-0.2, 0) is 0 Å². The molecule has 0 aliphatic heterocycles. The van der Waals surface area contributed by atoms with Gasteiger partial charge in [-0.3, -0.25) is 0 Å². The van der Waals surface area contributed by atoms with Gasteiger partial charge >= 0.3 is 0 Å². The van der Waals surface area contributed by atoms with Crippen LogP contribution in [0.4, 0.5) is 28.4 Å². The van der Waals surface area contributed by atoms with E-state index in [0.717, 1.165) is 64.7 Å². The van der Waals surface area contributed by atoms with Gasteiger partial charge in [0, 0.05) is 39.0 Å². The molecule has 6 rings (SSSR count). The second-order valence-electron chi connectivity index (χ2n) is 9.95. The first-order valence-corrected chi connectivity index (χ1v) is 13.7. The highest BCUT2D eigenvalue weighted by Crippen LogP contribution is 2.42. The summed E-state index contributed by atoms with van der Waals surface area (Å²) in [4.78, 5) is 5.98. The molecule has 0 aliphatic rings. The molecule has 0 amide bonds. The van der Waals surface area contributed by atoms with Gasteiger partial charge in [0.15, 0.2) is 0 Å². The number of ether oxygens (including phenoxy) is 1. The predicted octanol–water partition coefficient (Wildman–Crippen LogP) is 10.0. The highest BCUT2D eigenvalue weighted by molar-refractivity contribution is 6.13. The summed E-state index contributed by atoms with van der Waals surface area (Å²) < 4.78 is 5.96. The number of H-pyrrole nitrogens is 1. The number of aromatic amines is 1. The maximum absolute atomic E-state index is 5.96. The van der Waals surface area contributed by atoms with E-state index in [-0.39, 0.29) is 0 Å². The van der Waals surface area contributed by atoms with Crippen molar-refractivity contribution in [2.24, 2.45) is 0 Å². The van der Waals surface area contributed by atoms with Crippen molar-refractivity contribution >= 4 is 50.2 Å². The zero-order chi connectivity index (χ0) is 26.6. The van der Waals surface area contributed by atoms with Gasteiger partial charge in [-0.1, -0.05) is 61.9 Å². The van der Waals surface area contributed by atoms with E-state index in [9.17, 15) is 0 Å². The quantitative estimate of drug-likeness (QED) is 0.190. The maximum atomic E-state index is 5.96. The summed E-state index contributed by atoms with van der Waals surface area (Å²) in [5, 5.41) is 6.06. The Morgan fingerprint density at radius 2 is 1.51 bits per heavy atom. The molecule has 2 N–H and O–H groups in total. The molecule has 0 unspecified atom stereocenters. The molecule has 0 saturated heterocycles. The molecule has 6 aromatic rings. The van der Waals surface area contributed by atoms with Crippen molar-refractivity contribution in [3.63, 3.8) is 0 Å². The average molecular weight is 512 g/mol. The van der Waals surface area contributed by atoms with Crippen molar-refractivity contribution in [1.29, 1.82) is 0 Å². The van der Waals surface area contributed by atoms with Crippen molar-refractivity contribution in [3.8, 4) is 5.75 Å². The predicted molar refractivity (Wildman–Crippen MR) is 165 cm³/mol. The van der Waals surface area contributed by atoms with Crippen LogP contribution in [0.3, 0.4) is 0 Å². The van der Waals surface area contributed by atoms with Gasteiger partial charge in [0.1, 0.15) is 5.75 Å². The molecule has 4 heteroatoms. The number of rotatable bonds is 9. The van der Waals surface area contributed by atoms with Crippen LogP contribution in [0.15, 0.2) is 115 Å². The fraction of sp³-hybridized carbons (Fsp3) is 0.143. The zero-order valence-electron chi connectivity index (χ0n) is 22.4. The minimum Gasteiger partial charge on any atom is -0.494 e. The minimum absolute atomic E-state index is 0.739. The summed E-state index contributed by atoms with van der Waals surface area (Å²) in [5.41, 5.74) is 8.77. The number of aryl methyl sites for hydroxylation is 1. The molecule has 0 fully saturated rings. The maximum Gasteiger partial charge on any atom is 0.119 e. The number of para-hydroxylation sites is 2. The Bertz CT molecular complexity index is 1700. The van der Waals surface area contributed by atoms with E-state index in [4.69, 9.17) is 4.74 Å². The molecule has 39 heavy (non-hydrogen) atoms. The van der Waals surface area contributed by atoms with Gasteiger partial charge in [-0.25, -0.2) is 0 Å². The molecular formula is C35H33N3O. The first kappa shape index (κ1) is 24.6. The van der Waals surface area contributed by atoms with Crippen molar-refractivity contribution in [2.45, 2.75) is 26.7 Å². The number of fused-ring (bicyclic) bond motifs is 3. The Labute approximate surface area is 229 Å². The van der Waals surface area contributed by atoms with E-state index < -0.39 is 0 Å². The van der Waals surface area contributed by atoms with Crippen LogP contribution >= 0.6 is 0 Å². The molecule has 1 heterocycles. The summed E-state index contributed by atoms with van der Waals surface area (Å²) in [7, 11) is 0. The molecule has 194 valence electrons. The lowest BCUT2D eigenvalue weighted by Gasteiger charge is -2.27. The normalized spacial score (nSPS) is 11.1. The van der Waals surface area contributed by atoms with Crippen molar-refractivity contribution in [1.82, 2.24) is 4.98 Å². The van der Waals surface area contributed by atoms with Crippen molar-refractivity contribution in [2.75, 3.05) is 16.8 Å². The molecule has 0 bridgehead atoms. The second kappa shape index (κ2) is 11.0. The smallest absolute Gasteiger partial charge is 0.119 e. The summed E-state index contributed by atoms with van der Waals surface area (Å²) >= 11 is 0. The van der Waals surface area contributed by atoms with Crippen LogP contribution in [0.2, 0.25) is 0 Å². The van der Waals surface area contributed by atoms with Gasteiger partial charge in [0.25, 0.3) is 0 Å². The molecule has 0 aliphatic carbocycles. The standard InChI is InChI=1S/C35H33N3O/c1-3-4-21-39-30-19-17-27(18-20-30)38(28-14-10-11-25(2)22-28)29-23-32-31-15-8-9-16-33(31)37-35(32)34(24-29)36-26-12-6-5-7-13-26/h5-20,22-24,36-37H,3-4,21H2,1-2H3. The number of unbranched alkanes of at least 4 members (excludes halogenated alkanes) is 1. The summed E-state index contributed by atoms with van der Waals surface area (Å²) in [6.45, 7) is 5.05. The largest absolute Gasteiger partial charge is 0.494 e. The minimum atomic E-state index is 0.739. The fourth-order valence-electron chi connectivity index (χ4n) is 5.08. The van der Waals surface area contributed by atoms with E-state index in [1.54, 1.807) is 0 Å². The Morgan fingerprint density at radius 3 is 2.31 bits per heavy atom. The SMILES string of the molecule is CCCCOc1ccc(N(c2cccc(C)c2)c2cc(Nc3ccccc3)c3[nH]c4ccccc4c3c2)cc1. The van der Waals surface area contributed by atoms with E-state index >= 15 is 0 Å². The number of hydrogen-bond donors (Lipinski definition) is 2. The number of hydrogen-bond acceptors (Lipinski definition) is 3. The van der Waals surface area contributed by atoms with Crippen LogP contribution in [0, 0.1) is 6.92 Å². The van der Waals surface area contributed by atoms with Crippen LogP contribution in [0.5, 0.6) is 5.75 Å². The van der Waals surface area contributed by atoms with Gasteiger partial charge < -0.3 is 19.9 Å². The van der Waals surface area contributed by atoms with Crippen LogP contribution < -0.4 is 15.0 Å². The van der Waals surface area contributed by atoms with Gasteiger partial charge in [-0.2, -0.15) is 0 Å². The Hall–Kier alpha value is -4.70. The van der Waals surface area contributed by atoms with E-state index in [1.807, 2.05) is 6.07 Å². The highest BCUT2D eigenvalue weighted by atomic mass is 16.5. The van der Waals surface area contributed by atoms with Gasteiger partial charge in [0.2, 0.25) is 0 Å². The third-order valence-electron chi connectivity index (χ3n) is 7.03. The number of aromatic nitrogens is 1. The summed E-state index contributed by atoms with van der Waals surface area (Å²) in [6.07, 6.45) is 2.17. The van der Waals surface area contributed by atoms with E-state index in [1.165, 1.54) is 16.3 Å². The number of anilines is 5. The van der Waals surface area contributed by atoms with Crippen molar-refractivity contribution < 1.29 is 4.74 Å². The Morgan fingerprint density at radius 1 is 0.718 bits per heavy atom. The lowest BCUT2D eigenvalue weighted by atomic mass is 10.1. The first-order chi connectivity index (χ1) is 19.2. The van der Waals surface area contributed by atoms with Crippen LogP contribution in [0.25, 0.3) is 21.8 Å². The topological polar surface area (TPSA) is 40.3 Å². The van der Waals surface area contributed by atoms with Crippen LogP contribution in [-0.4, -0.2) is 11.6 Å². The first-order valence-electron chi connectivity index (χ1n) is 13.7. The van der Waals surface area contributed by atoms with Crippen molar-refractivity contribution in [3.05, 3.63) is 121 Å². The average Bonchev–Trinajstić information content (AvgIpc) is 3.34. The van der Waals surface area contributed by atoms with Gasteiger partial charge in [-0.15, -0.1) is 0 Å².